The lowest BCUT2D eigenvalue weighted by atomic mass is 9.32. The van der Waals surface area contributed by atoms with Crippen LogP contribution in [-0.2, 0) is 37.9 Å². The molecule has 3 nitrogen and oxygen atoms in total. The van der Waals surface area contributed by atoms with E-state index < -0.39 is 0 Å². The SMILES string of the molecule is CC1(C)CCC(C)(C)c2cc(N3c4cc5c(cc4B4c6cc7c(cc6N(c6cccc8c6-c6ccccc6C8(C)C)c6cc(N(c8ccccc8)c8ccccc8)cc3c64)C(C)(C)CCC7(C)C)C(C)(C)CCC5(C)C)ccc21. The van der Waals surface area contributed by atoms with Gasteiger partial charge in [-0.15, -0.1) is 0 Å². The van der Waals surface area contributed by atoms with Gasteiger partial charge in [-0.2, -0.15) is 0 Å². The lowest BCUT2D eigenvalue weighted by Crippen LogP contribution is -2.62. The van der Waals surface area contributed by atoms with Crippen molar-refractivity contribution in [3.8, 4) is 11.1 Å². The van der Waals surface area contributed by atoms with E-state index in [1.165, 1.54) is 113 Å². The van der Waals surface area contributed by atoms with Gasteiger partial charge in [-0.05, 0) is 204 Å². The number of anilines is 9. The first kappa shape index (κ1) is 50.4. The molecule has 8 aromatic carbocycles. The first-order valence-electron chi connectivity index (χ1n) is 29.8. The second kappa shape index (κ2) is 16.7. The molecule has 8 aromatic rings. The second-order valence-electron chi connectivity index (χ2n) is 29.3. The second-order valence-corrected chi connectivity index (χ2v) is 29.3. The molecule has 398 valence electrons. The minimum atomic E-state index is -0.173. The molecule has 79 heavy (non-hydrogen) atoms. The molecule has 0 amide bonds. The quantitative estimate of drug-likeness (QED) is 0.159. The molecule has 4 heteroatoms. The molecule has 0 N–H and O–H groups in total. The maximum absolute atomic E-state index is 2.77. The number of fused-ring (bicyclic) bond motifs is 10. The Hall–Kier alpha value is -6.78. The van der Waals surface area contributed by atoms with Gasteiger partial charge in [-0.3, -0.25) is 0 Å². The maximum atomic E-state index is 2.77. The minimum absolute atomic E-state index is 0.00573. The van der Waals surface area contributed by atoms with E-state index in [0.717, 1.165) is 49.2 Å². The van der Waals surface area contributed by atoms with Crippen LogP contribution < -0.4 is 31.1 Å². The molecule has 0 fully saturated rings. The molecule has 0 unspecified atom stereocenters. The number of nitrogens with zero attached hydrogens (tertiary/aromatic N) is 3. The van der Waals surface area contributed by atoms with Crippen LogP contribution in [0.5, 0.6) is 0 Å². The molecule has 4 aliphatic carbocycles. The van der Waals surface area contributed by atoms with Gasteiger partial charge in [0.2, 0.25) is 0 Å². The Labute approximate surface area is 473 Å². The molecule has 0 aromatic heterocycles. The van der Waals surface area contributed by atoms with Gasteiger partial charge in [0.25, 0.3) is 6.71 Å². The van der Waals surface area contributed by atoms with E-state index in [4.69, 9.17) is 0 Å². The van der Waals surface area contributed by atoms with Crippen molar-refractivity contribution < 1.29 is 0 Å². The summed E-state index contributed by atoms with van der Waals surface area (Å²) in [4.78, 5) is 8.03. The molecule has 2 aliphatic heterocycles. The number of para-hydroxylation sites is 2. The molecule has 0 bridgehead atoms. The average molecular weight is 1030 g/mol. The average Bonchev–Trinajstić information content (AvgIpc) is 2.55. The third kappa shape index (κ3) is 7.30. The van der Waals surface area contributed by atoms with Gasteiger partial charge >= 0.3 is 0 Å². The lowest BCUT2D eigenvalue weighted by molar-refractivity contribution is 0.332. The summed E-state index contributed by atoms with van der Waals surface area (Å²) in [5.41, 5.74) is 29.6. The minimum Gasteiger partial charge on any atom is -0.311 e. The Morgan fingerprint density at radius 2 is 0.759 bits per heavy atom. The van der Waals surface area contributed by atoms with E-state index in [-0.39, 0.29) is 44.6 Å². The van der Waals surface area contributed by atoms with Gasteiger partial charge in [-0.1, -0.05) is 188 Å². The monoisotopic (exact) mass is 1030 g/mol. The van der Waals surface area contributed by atoms with Gasteiger partial charge in [0, 0.05) is 50.8 Å². The van der Waals surface area contributed by atoms with Crippen molar-refractivity contribution in [2.45, 2.75) is 173 Å². The highest BCUT2D eigenvalue weighted by molar-refractivity contribution is 7.00. The van der Waals surface area contributed by atoms with E-state index in [9.17, 15) is 0 Å². The fourth-order valence-electron chi connectivity index (χ4n) is 16.0. The van der Waals surface area contributed by atoms with Crippen molar-refractivity contribution in [3.05, 3.63) is 202 Å². The molecule has 6 aliphatic rings. The standard InChI is InChI=1S/C75H80BN3/c1-69(2)34-35-70(3,4)55-40-49(32-33-53(55)69)78-63-45-58-56(71(5,6)36-38-73(58,9)10)43-60(63)76-61-44-57-59(74(11,12)39-37-72(57,7)8)46-64(61)79(62-31-23-30-54-67(62)51-28-21-22-29-52(51)75(54,13)14)66-42-50(41-65(78)68(66)76)77(47-24-17-15-18-25-47)48-26-19-16-20-27-48/h15-33,40-46H,34-39H2,1-14H3. The fourth-order valence-corrected chi connectivity index (χ4v) is 16.0. The Bertz CT molecular complexity index is 3810. The summed E-state index contributed by atoms with van der Waals surface area (Å²) in [6, 6.07) is 62.3. The molecule has 0 spiro atoms. The number of hydrogen-bond acceptors (Lipinski definition) is 3. The topological polar surface area (TPSA) is 9.72 Å². The summed E-state index contributed by atoms with van der Waals surface area (Å²) in [7, 11) is 0. The van der Waals surface area contributed by atoms with Crippen molar-refractivity contribution in [1.29, 1.82) is 0 Å². The summed E-state index contributed by atoms with van der Waals surface area (Å²) in [5.74, 6) is 0. The number of benzene rings is 8. The largest absolute Gasteiger partial charge is 0.311 e. The summed E-state index contributed by atoms with van der Waals surface area (Å²) >= 11 is 0. The van der Waals surface area contributed by atoms with Crippen molar-refractivity contribution in [2.24, 2.45) is 0 Å². The summed E-state index contributed by atoms with van der Waals surface area (Å²) in [6.07, 6.45) is 6.96. The van der Waals surface area contributed by atoms with E-state index >= 15 is 0 Å². The highest BCUT2D eigenvalue weighted by Crippen LogP contribution is 2.59. The smallest absolute Gasteiger partial charge is 0.252 e. The highest BCUT2D eigenvalue weighted by atomic mass is 15.2. The van der Waals surface area contributed by atoms with Crippen LogP contribution in [0.3, 0.4) is 0 Å². The zero-order valence-electron chi connectivity index (χ0n) is 49.7. The van der Waals surface area contributed by atoms with Crippen LogP contribution >= 0.6 is 0 Å². The third-order valence-corrected chi connectivity index (χ3v) is 21.2. The zero-order valence-corrected chi connectivity index (χ0v) is 49.7. The van der Waals surface area contributed by atoms with Crippen molar-refractivity contribution in [3.63, 3.8) is 0 Å². The van der Waals surface area contributed by atoms with E-state index in [1.54, 1.807) is 0 Å². The van der Waals surface area contributed by atoms with E-state index in [2.05, 4.69) is 269 Å². The van der Waals surface area contributed by atoms with Crippen LogP contribution in [0.25, 0.3) is 11.1 Å². The molecule has 0 saturated heterocycles. The van der Waals surface area contributed by atoms with Crippen molar-refractivity contribution in [1.82, 2.24) is 0 Å². The van der Waals surface area contributed by atoms with Crippen LogP contribution in [0.2, 0.25) is 0 Å². The normalized spacial score (nSPS) is 20.1. The predicted molar refractivity (Wildman–Crippen MR) is 339 cm³/mol. The van der Waals surface area contributed by atoms with Gasteiger partial charge in [0.1, 0.15) is 0 Å². The van der Waals surface area contributed by atoms with Crippen LogP contribution in [0.1, 0.15) is 180 Å². The molecule has 14 rings (SSSR count). The lowest BCUT2D eigenvalue weighted by Gasteiger charge is -2.49. The van der Waals surface area contributed by atoms with Gasteiger partial charge in [0.15, 0.2) is 0 Å². The van der Waals surface area contributed by atoms with Gasteiger partial charge in [-0.25, -0.2) is 0 Å². The Morgan fingerprint density at radius 1 is 0.329 bits per heavy atom. The van der Waals surface area contributed by atoms with Crippen molar-refractivity contribution in [2.75, 3.05) is 14.7 Å². The Kier molecular flexibility index (Phi) is 10.6. The van der Waals surface area contributed by atoms with Gasteiger partial charge < -0.3 is 14.7 Å². The Morgan fingerprint density at radius 3 is 1.29 bits per heavy atom. The highest BCUT2D eigenvalue weighted by Gasteiger charge is 2.50. The zero-order chi connectivity index (χ0) is 55.1. The van der Waals surface area contributed by atoms with E-state index in [0.29, 0.717) is 0 Å². The Balaban J connectivity index is 1.18. The van der Waals surface area contributed by atoms with Crippen LogP contribution in [0.4, 0.5) is 51.2 Å². The summed E-state index contributed by atoms with van der Waals surface area (Å²) < 4.78 is 0. The predicted octanol–water partition coefficient (Wildman–Crippen LogP) is 18.6. The molecule has 0 saturated carbocycles. The third-order valence-electron chi connectivity index (χ3n) is 21.2. The van der Waals surface area contributed by atoms with Crippen LogP contribution in [0, 0.1) is 0 Å². The van der Waals surface area contributed by atoms with Crippen LogP contribution in [0.15, 0.2) is 158 Å². The first-order valence-corrected chi connectivity index (χ1v) is 29.8. The molecule has 0 atom stereocenters. The molecule has 2 heterocycles. The summed E-state index contributed by atoms with van der Waals surface area (Å²) in [5, 5.41) is 0. The maximum Gasteiger partial charge on any atom is 0.252 e. The van der Waals surface area contributed by atoms with Crippen molar-refractivity contribution >= 4 is 74.3 Å². The van der Waals surface area contributed by atoms with Crippen LogP contribution in [-0.4, -0.2) is 6.71 Å². The van der Waals surface area contributed by atoms with Gasteiger partial charge in [0.05, 0.1) is 11.4 Å². The number of hydrogen-bond donors (Lipinski definition) is 0. The fraction of sp³-hybridized carbons (Fsp3) is 0.360. The molecular weight excluding hydrogens is 954 g/mol. The summed E-state index contributed by atoms with van der Waals surface area (Å²) in [6.45, 7) is 34.8. The van der Waals surface area contributed by atoms with E-state index in [1.807, 2.05) is 0 Å². The molecular formula is C75H80BN3. The number of rotatable bonds is 5. The first-order chi connectivity index (χ1) is 37.4. The molecule has 0 radical (unpaired) electrons.